The van der Waals surface area contributed by atoms with Crippen LogP contribution in [0.15, 0.2) is 10.9 Å². The first kappa shape index (κ1) is 23.1. The van der Waals surface area contributed by atoms with Crippen molar-refractivity contribution in [3.8, 4) is 11.5 Å². The van der Waals surface area contributed by atoms with Crippen LogP contribution in [0.3, 0.4) is 0 Å². The van der Waals surface area contributed by atoms with Gasteiger partial charge in [0.1, 0.15) is 14.7 Å². The molecule has 0 saturated heterocycles. The van der Waals surface area contributed by atoms with Crippen molar-refractivity contribution in [1.82, 2.24) is 4.57 Å². The fourth-order valence-electron chi connectivity index (χ4n) is 6.13. The zero-order valence-electron chi connectivity index (χ0n) is 19.0. The summed E-state index contributed by atoms with van der Waals surface area (Å²) < 4.78 is 7.44. The Hall–Kier alpha value is -1.11. The number of fused-ring (bicyclic) bond motifs is 3. The van der Waals surface area contributed by atoms with E-state index in [1.807, 2.05) is 0 Å². The van der Waals surface area contributed by atoms with Gasteiger partial charge >= 0.3 is 5.97 Å². The molecular weight excluding hydrogens is 521 g/mol. The maximum absolute atomic E-state index is 13.1. The van der Waals surface area contributed by atoms with Gasteiger partial charge in [-0.25, -0.2) is 4.79 Å². The SMILES string of the molecule is CC[C@@]1(O)C(=O)OCc2c1cc(I)n(CC#C[Si](C)(C)[C@H]1CC[C@H]3C[C@H]1C3(C)C)c2=O. The van der Waals surface area contributed by atoms with Gasteiger partial charge in [-0.05, 0) is 70.7 Å². The van der Waals surface area contributed by atoms with E-state index in [0.29, 0.717) is 26.8 Å². The fourth-order valence-corrected chi connectivity index (χ4v) is 10.0. The molecule has 0 amide bonds. The Balaban J connectivity index is 1.60. The lowest BCUT2D eigenvalue weighted by atomic mass is 9.48. The van der Waals surface area contributed by atoms with Crippen molar-refractivity contribution in [3.05, 3.63) is 31.2 Å². The minimum Gasteiger partial charge on any atom is -0.458 e. The average Bonchev–Trinajstić information content (AvgIpc) is 2.73. The lowest BCUT2D eigenvalue weighted by Gasteiger charge is -2.62. The standard InChI is InChI=1S/C24H32INO4Si/c1-6-24(29)17-13-20(25)26(21(27)16(17)14-30-22(24)28)10-7-11-31(4,5)19-9-8-15-12-18(19)23(15,2)3/h13,15,18-19,29H,6,8-10,12,14H2,1-5H3/t15-,18+,19-,24-/m0/s1. The predicted molar refractivity (Wildman–Crippen MR) is 131 cm³/mol. The lowest BCUT2D eigenvalue weighted by molar-refractivity contribution is -0.172. The summed E-state index contributed by atoms with van der Waals surface area (Å²) in [5, 5.41) is 10.8. The molecule has 0 spiro atoms. The van der Waals surface area contributed by atoms with Crippen molar-refractivity contribution >= 4 is 36.6 Å². The van der Waals surface area contributed by atoms with Gasteiger partial charge in [-0.15, -0.1) is 5.54 Å². The van der Waals surface area contributed by atoms with Crippen molar-refractivity contribution in [2.45, 2.75) is 83.8 Å². The molecule has 1 N–H and O–H groups in total. The van der Waals surface area contributed by atoms with E-state index >= 15 is 0 Å². The Morgan fingerprint density at radius 3 is 2.65 bits per heavy atom. The van der Waals surface area contributed by atoms with Gasteiger partial charge in [0.25, 0.3) is 5.56 Å². The third-order valence-corrected chi connectivity index (χ3v) is 12.7. The van der Waals surface area contributed by atoms with Crippen LogP contribution in [0.1, 0.15) is 57.6 Å². The monoisotopic (exact) mass is 553 g/mol. The molecule has 7 heteroatoms. The number of aromatic nitrogens is 1. The van der Waals surface area contributed by atoms with Gasteiger partial charge in [-0.2, -0.15) is 0 Å². The molecular formula is C24H32INO4Si. The molecule has 2 bridgehead atoms. The maximum atomic E-state index is 13.1. The summed E-state index contributed by atoms with van der Waals surface area (Å²) in [4.78, 5) is 25.3. The summed E-state index contributed by atoms with van der Waals surface area (Å²) in [6, 6.07) is 1.74. The molecule has 4 aliphatic rings. The summed E-state index contributed by atoms with van der Waals surface area (Å²) in [7, 11) is -1.76. The van der Waals surface area contributed by atoms with Crippen LogP contribution in [0, 0.1) is 32.4 Å². The van der Waals surface area contributed by atoms with Crippen molar-refractivity contribution in [3.63, 3.8) is 0 Å². The Bertz CT molecular complexity index is 1050. The highest BCUT2D eigenvalue weighted by atomic mass is 127. The number of hydrogen-bond acceptors (Lipinski definition) is 4. The highest BCUT2D eigenvalue weighted by Crippen LogP contribution is 2.65. The summed E-state index contributed by atoms with van der Waals surface area (Å²) >= 11 is 2.09. The molecule has 4 atom stereocenters. The summed E-state index contributed by atoms with van der Waals surface area (Å²) in [5.74, 6) is 4.33. The average molecular weight is 554 g/mol. The van der Waals surface area contributed by atoms with Crippen molar-refractivity contribution in [2.24, 2.45) is 17.3 Å². The van der Waals surface area contributed by atoms with Crippen LogP contribution in [-0.4, -0.2) is 23.7 Å². The van der Waals surface area contributed by atoms with Gasteiger partial charge < -0.3 is 9.84 Å². The third kappa shape index (κ3) is 3.53. The number of rotatable bonds is 3. The van der Waals surface area contributed by atoms with Gasteiger partial charge in [-0.3, -0.25) is 9.36 Å². The van der Waals surface area contributed by atoms with Gasteiger partial charge in [0.2, 0.25) is 0 Å². The van der Waals surface area contributed by atoms with Crippen LogP contribution in [0.25, 0.3) is 0 Å². The molecule has 3 fully saturated rings. The van der Waals surface area contributed by atoms with Crippen LogP contribution in [0.4, 0.5) is 0 Å². The molecule has 1 aliphatic heterocycles. The Labute approximate surface area is 199 Å². The van der Waals surface area contributed by atoms with Crippen molar-refractivity contribution in [1.29, 1.82) is 0 Å². The molecule has 0 radical (unpaired) electrons. The summed E-state index contributed by atoms with van der Waals surface area (Å²) in [6.45, 7) is 11.5. The quantitative estimate of drug-likeness (QED) is 0.201. The molecule has 1 aromatic heterocycles. The van der Waals surface area contributed by atoms with E-state index in [0.717, 1.165) is 17.4 Å². The number of aliphatic hydroxyl groups is 1. The molecule has 5 rings (SSSR count). The van der Waals surface area contributed by atoms with E-state index in [4.69, 9.17) is 4.74 Å². The second-order valence-corrected chi connectivity index (χ2v) is 16.1. The molecule has 3 aliphatic carbocycles. The number of halogens is 1. The topological polar surface area (TPSA) is 68.5 Å². The summed E-state index contributed by atoms with van der Waals surface area (Å²) in [5.41, 5.74) is 3.56. The van der Waals surface area contributed by atoms with E-state index in [9.17, 15) is 14.7 Å². The number of carbonyl (C=O) groups is 1. The molecule has 3 saturated carbocycles. The second-order valence-electron chi connectivity index (χ2n) is 10.6. The highest BCUT2D eigenvalue weighted by Gasteiger charge is 2.57. The number of nitrogens with zero attached hydrogens (tertiary/aromatic N) is 1. The van der Waals surface area contributed by atoms with Gasteiger partial charge in [0.15, 0.2) is 5.60 Å². The number of ether oxygens (including phenoxy) is 1. The van der Waals surface area contributed by atoms with E-state index < -0.39 is 19.6 Å². The minimum absolute atomic E-state index is 0.0973. The molecule has 5 nitrogen and oxygen atoms in total. The second kappa shape index (κ2) is 7.74. The zero-order chi connectivity index (χ0) is 22.8. The van der Waals surface area contributed by atoms with Crippen LogP contribution in [-0.2, 0) is 28.3 Å². The van der Waals surface area contributed by atoms with E-state index in [1.54, 1.807) is 17.6 Å². The molecule has 0 unspecified atom stereocenters. The predicted octanol–water partition coefficient (Wildman–Crippen LogP) is 4.18. The van der Waals surface area contributed by atoms with Gasteiger partial charge in [-0.1, -0.05) is 46.2 Å². The van der Waals surface area contributed by atoms with E-state index in [2.05, 4.69) is 61.0 Å². The van der Waals surface area contributed by atoms with Gasteiger partial charge in [0, 0.05) is 5.56 Å². The maximum Gasteiger partial charge on any atom is 0.343 e. The number of pyridine rings is 1. The molecule has 0 aromatic carbocycles. The van der Waals surface area contributed by atoms with Crippen LogP contribution < -0.4 is 5.56 Å². The zero-order valence-corrected chi connectivity index (χ0v) is 22.2. The normalized spacial score (nSPS) is 31.1. The highest BCUT2D eigenvalue weighted by molar-refractivity contribution is 14.1. The van der Waals surface area contributed by atoms with Crippen molar-refractivity contribution in [2.75, 3.05) is 0 Å². The van der Waals surface area contributed by atoms with Crippen LogP contribution >= 0.6 is 22.6 Å². The first-order chi connectivity index (χ1) is 14.4. The number of cyclic esters (lactones) is 1. The van der Waals surface area contributed by atoms with Crippen LogP contribution in [0.2, 0.25) is 18.6 Å². The van der Waals surface area contributed by atoms with E-state index in [1.165, 1.54) is 19.3 Å². The first-order valence-electron chi connectivity index (χ1n) is 11.3. The van der Waals surface area contributed by atoms with Crippen molar-refractivity contribution < 1.29 is 14.6 Å². The summed E-state index contributed by atoms with van der Waals surface area (Å²) in [6.07, 6.45) is 4.15. The van der Waals surface area contributed by atoms with Crippen LogP contribution in [0.5, 0.6) is 0 Å². The van der Waals surface area contributed by atoms with E-state index in [-0.39, 0.29) is 18.6 Å². The smallest absolute Gasteiger partial charge is 0.343 e. The molecule has 31 heavy (non-hydrogen) atoms. The Kier molecular flexibility index (Phi) is 5.75. The fraction of sp³-hybridized carbons (Fsp3) is 0.667. The third-order valence-electron chi connectivity index (χ3n) is 8.43. The Morgan fingerprint density at radius 2 is 2.03 bits per heavy atom. The molecule has 168 valence electrons. The first-order valence-corrected chi connectivity index (χ1v) is 15.4. The number of esters is 1. The minimum atomic E-state index is -1.76. The largest absolute Gasteiger partial charge is 0.458 e. The molecule has 1 aromatic rings. The molecule has 2 heterocycles. The van der Waals surface area contributed by atoms with Gasteiger partial charge in [0.05, 0.1) is 15.8 Å². The lowest BCUT2D eigenvalue weighted by Crippen LogP contribution is -2.55. The number of carbonyl (C=O) groups excluding carboxylic acids is 1. The Morgan fingerprint density at radius 1 is 1.32 bits per heavy atom. The number of hydrogen-bond donors (Lipinski definition) is 1.